The highest BCUT2D eigenvalue weighted by Gasteiger charge is 2.26. The third-order valence-corrected chi connectivity index (χ3v) is 3.91. The van der Waals surface area contributed by atoms with E-state index in [1.165, 1.54) is 13.2 Å². The molecule has 0 amide bonds. The predicted octanol–water partition coefficient (Wildman–Crippen LogP) is 1.60. The zero-order valence-electron chi connectivity index (χ0n) is 12.4. The van der Waals surface area contributed by atoms with E-state index in [1.54, 1.807) is 12.1 Å². The predicted molar refractivity (Wildman–Crippen MR) is 77.0 cm³/mol. The van der Waals surface area contributed by atoms with Gasteiger partial charge in [0.15, 0.2) is 11.6 Å². The Kier molecular flexibility index (Phi) is 5.14. The van der Waals surface area contributed by atoms with Crippen molar-refractivity contribution in [2.75, 3.05) is 40.3 Å². The van der Waals surface area contributed by atoms with E-state index < -0.39 is 11.8 Å². The Morgan fingerprint density at radius 3 is 2.57 bits per heavy atom. The number of hydrogen-bond acceptors (Lipinski definition) is 4. The van der Waals surface area contributed by atoms with E-state index in [0.29, 0.717) is 5.56 Å². The van der Waals surface area contributed by atoms with Gasteiger partial charge in [-0.3, -0.25) is 9.69 Å². The second kappa shape index (κ2) is 6.87. The summed E-state index contributed by atoms with van der Waals surface area (Å²) < 4.78 is 18.8. The summed E-state index contributed by atoms with van der Waals surface area (Å²) in [7, 11) is 3.45. The number of ether oxygens (including phenoxy) is 1. The number of carboxylic acid groups (broad SMARTS) is 1. The fourth-order valence-electron chi connectivity index (χ4n) is 2.65. The number of nitrogens with zero attached hydrogens (tertiary/aromatic N) is 2. The molecule has 0 spiro atoms. The number of benzene rings is 1. The highest BCUT2D eigenvalue weighted by atomic mass is 19.1. The van der Waals surface area contributed by atoms with Crippen molar-refractivity contribution in [3.05, 3.63) is 29.6 Å². The zero-order chi connectivity index (χ0) is 15.4. The molecule has 1 aromatic rings. The van der Waals surface area contributed by atoms with Crippen molar-refractivity contribution in [3.63, 3.8) is 0 Å². The summed E-state index contributed by atoms with van der Waals surface area (Å²) in [6.07, 6.45) is -0.0323. The van der Waals surface area contributed by atoms with Crippen LogP contribution in [0.1, 0.15) is 18.0 Å². The molecule has 0 radical (unpaired) electrons. The van der Waals surface area contributed by atoms with Gasteiger partial charge in [-0.1, -0.05) is 6.07 Å². The summed E-state index contributed by atoms with van der Waals surface area (Å²) in [5, 5.41) is 9.14. The number of piperazine rings is 1. The van der Waals surface area contributed by atoms with E-state index in [9.17, 15) is 9.18 Å². The van der Waals surface area contributed by atoms with Crippen LogP contribution in [0.4, 0.5) is 4.39 Å². The van der Waals surface area contributed by atoms with E-state index >= 15 is 0 Å². The van der Waals surface area contributed by atoms with Crippen molar-refractivity contribution in [2.24, 2.45) is 0 Å². The van der Waals surface area contributed by atoms with Crippen LogP contribution in [-0.2, 0) is 4.79 Å². The van der Waals surface area contributed by atoms with Crippen LogP contribution in [0.15, 0.2) is 18.2 Å². The number of rotatable bonds is 5. The summed E-state index contributed by atoms with van der Waals surface area (Å²) in [5.41, 5.74) is 0.681. The molecule has 1 aliphatic heterocycles. The molecule has 5 nitrogen and oxygen atoms in total. The SMILES string of the molecule is COc1ccc(C(CC(=O)O)N2CCN(C)CC2)cc1F. The average molecular weight is 296 g/mol. The molecule has 6 heteroatoms. The molecule has 1 fully saturated rings. The summed E-state index contributed by atoms with van der Waals surface area (Å²) >= 11 is 0. The molecule has 0 bridgehead atoms. The fraction of sp³-hybridized carbons (Fsp3) is 0.533. The molecule has 1 aromatic carbocycles. The van der Waals surface area contributed by atoms with E-state index in [2.05, 4.69) is 9.80 Å². The van der Waals surface area contributed by atoms with Crippen LogP contribution in [0.3, 0.4) is 0 Å². The topological polar surface area (TPSA) is 53.0 Å². The van der Waals surface area contributed by atoms with Gasteiger partial charge in [-0.25, -0.2) is 4.39 Å². The lowest BCUT2D eigenvalue weighted by Crippen LogP contribution is -2.46. The largest absolute Gasteiger partial charge is 0.494 e. The van der Waals surface area contributed by atoms with Crippen molar-refractivity contribution in [2.45, 2.75) is 12.5 Å². The summed E-state index contributed by atoms with van der Waals surface area (Å²) in [4.78, 5) is 15.4. The molecular weight excluding hydrogens is 275 g/mol. The summed E-state index contributed by atoms with van der Waals surface area (Å²) in [6.45, 7) is 3.33. The highest BCUT2D eigenvalue weighted by Crippen LogP contribution is 2.29. The lowest BCUT2D eigenvalue weighted by atomic mass is 10.0. The Labute approximate surface area is 123 Å². The normalized spacial score (nSPS) is 18.4. The van der Waals surface area contributed by atoms with Gasteiger partial charge in [0, 0.05) is 32.2 Å². The number of hydrogen-bond donors (Lipinski definition) is 1. The molecule has 0 saturated carbocycles. The van der Waals surface area contributed by atoms with Gasteiger partial charge in [-0.15, -0.1) is 0 Å². The molecule has 21 heavy (non-hydrogen) atoms. The van der Waals surface area contributed by atoms with Crippen LogP contribution < -0.4 is 4.74 Å². The molecule has 1 saturated heterocycles. The molecule has 1 heterocycles. The number of carbonyl (C=O) groups is 1. The van der Waals surface area contributed by atoms with Crippen LogP contribution >= 0.6 is 0 Å². The first-order chi connectivity index (χ1) is 10.0. The van der Waals surface area contributed by atoms with E-state index in [0.717, 1.165) is 26.2 Å². The van der Waals surface area contributed by atoms with Gasteiger partial charge in [-0.2, -0.15) is 0 Å². The maximum absolute atomic E-state index is 13.9. The monoisotopic (exact) mass is 296 g/mol. The maximum atomic E-state index is 13.9. The first-order valence-corrected chi connectivity index (χ1v) is 6.99. The Morgan fingerprint density at radius 2 is 2.05 bits per heavy atom. The zero-order valence-corrected chi connectivity index (χ0v) is 12.4. The van der Waals surface area contributed by atoms with E-state index in [4.69, 9.17) is 9.84 Å². The maximum Gasteiger partial charge on any atom is 0.305 e. The van der Waals surface area contributed by atoms with Crippen LogP contribution in [0.25, 0.3) is 0 Å². The summed E-state index contributed by atoms with van der Waals surface area (Å²) in [5.74, 6) is -1.17. The van der Waals surface area contributed by atoms with E-state index in [1.807, 2.05) is 7.05 Å². The number of halogens is 1. The van der Waals surface area contributed by atoms with Gasteiger partial charge in [0.05, 0.1) is 13.5 Å². The van der Waals surface area contributed by atoms with Crippen molar-refractivity contribution < 1.29 is 19.0 Å². The van der Waals surface area contributed by atoms with Crippen molar-refractivity contribution in [1.29, 1.82) is 0 Å². The van der Waals surface area contributed by atoms with Crippen LogP contribution in [0.5, 0.6) is 5.75 Å². The minimum Gasteiger partial charge on any atom is -0.494 e. The smallest absolute Gasteiger partial charge is 0.305 e. The number of methoxy groups -OCH3 is 1. The van der Waals surface area contributed by atoms with Gasteiger partial charge >= 0.3 is 5.97 Å². The first-order valence-electron chi connectivity index (χ1n) is 6.99. The molecule has 2 rings (SSSR count). The summed E-state index contributed by atoms with van der Waals surface area (Å²) in [6, 6.07) is 4.37. The molecule has 1 N–H and O–H groups in total. The Bertz CT molecular complexity index is 502. The fourth-order valence-corrected chi connectivity index (χ4v) is 2.65. The molecule has 116 valence electrons. The van der Waals surface area contributed by atoms with Crippen molar-refractivity contribution in [1.82, 2.24) is 9.80 Å². The van der Waals surface area contributed by atoms with Crippen molar-refractivity contribution >= 4 is 5.97 Å². The second-order valence-corrected chi connectivity index (χ2v) is 5.35. The third-order valence-electron chi connectivity index (χ3n) is 3.91. The minimum atomic E-state index is -0.879. The first kappa shape index (κ1) is 15.7. The number of carboxylic acids is 1. The molecule has 0 aromatic heterocycles. The highest BCUT2D eigenvalue weighted by molar-refractivity contribution is 5.68. The van der Waals surface area contributed by atoms with Crippen LogP contribution in [0, 0.1) is 5.82 Å². The standard InChI is InChI=1S/C15H21FN2O3/c1-17-5-7-18(8-6-17)13(10-15(19)20)11-3-4-14(21-2)12(16)9-11/h3-4,9,13H,5-8,10H2,1-2H3,(H,19,20). The van der Waals surface area contributed by atoms with Crippen molar-refractivity contribution in [3.8, 4) is 5.75 Å². The Hall–Kier alpha value is -1.66. The Balaban J connectivity index is 2.23. The average Bonchev–Trinajstić information content (AvgIpc) is 2.45. The molecule has 0 aliphatic carbocycles. The van der Waals surface area contributed by atoms with Gasteiger partial charge in [0.1, 0.15) is 0 Å². The second-order valence-electron chi connectivity index (χ2n) is 5.35. The van der Waals surface area contributed by atoms with Crippen LogP contribution in [0.2, 0.25) is 0 Å². The number of aliphatic carboxylic acids is 1. The quantitative estimate of drug-likeness (QED) is 0.894. The minimum absolute atomic E-state index is 0.0323. The third kappa shape index (κ3) is 3.92. The molecular formula is C15H21FN2O3. The van der Waals surface area contributed by atoms with Gasteiger partial charge in [0.25, 0.3) is 0 Å². The lowest BCUT2D eigenvalue weighted by molar-refractivity contribution is -0.138. The lowest BCUT2D eigenvalue weighted by Gasteiger charge is -2.37. The molecule has 1 unspecified atom stereocenters. The number of likely N-dealkylation sites (N-methyl/N-ethyl adjacent to an activating group) is 1. The van der Waals surface area contributed by atoms with Gasteiger partial charge in [0.2, 0.25) is 0 Å². The van der Waals surface area contributed by atoms with E-state index in [-0.39, 0.29) is 18.2 Å². The van der Waals surface area contributed by atoms with Gasteiger partial charge < -0.3 is 14.7 Å². The van der Waals surface area contributed by atoms with Crippen LogP contribution in [-0.4, -0.2) is 61.2 Å². The molecule has 1 atom stereocenters. The molecule has 1 aliphatic rings. The Morgan fingerprint density at radius 1 is 1.38 bits per heavy atom. The van der Waals surface area contributed by atoms with Gasteiger partial charge in [-0.05, 0) is 24.7 Å².